The Labute approximate surface area is 216 Å². The van der Waals surface area contributed by atoms with Gasteiger partial charge in [-0.15, -0.1) is 0 Å². The van der Waals surface area contributed by atoms with E-state index in [0.717, 1.165) is 66.7 Å². The van der Waals surface area contributed by atoms with Gasteiger partial charge in [-0.25, -0.2) is 9.97 Å². The number of nitrogens with two attached hydrogens (primary N) is 2. The fourth-order valence-electron chi connectivity index (χ4n) is 6.20. The Kier molecular flexibility index (Phi) is 5.64. The summed E-state index contributed by atoms with van der Waals surface area (Å²) in [6.45, 7) is 6.43. The highest BCUT2D eigenvalue weighted by Crippen LogP contribution is 2.51. The molecule has 6 N–H and O–H groups in total. The van der Waals surface area contributed by atoms with Gasteiger partial charge < -0.3 is 26.7 Å². The highest BCUT2D eigenvalue weighted by atomic mass is 16.1. The average molecular weight is 496 g/mol. The van der Waals surface area contributed by atoms with Crippen LogP contribution in [-0.4, -0.2) is 40.5 Å². The van der Waals surface area contributed by atoms with E-state index in [1.807, 2.05) is 31.3 Å². The lowest BCUT2D eigenvalue weighted by Gasteiger charge is -2.42. The fourth-order valence-corrected chi connectivity index (χ4v) is 6.20. The maximum Gasteiger partial charge on any atom is 0.271 e. The summed E-state index contributed by atoms with van der Waals surface area (Å²) < 4.78 is 0. The molecule has 8 nitrogen and oxygen atoms in total. The number of hydrogen-bond donors (Lipinski definition) is 4. The molecule has 37 heavy (non-hydrogen) atoms. The summed E-state index contributed by atoms with van der Waals surface area (Å²) in [5.74, 6) is 0.0116. The first-order valence-electron chi connectivity index (χ1n) is 13.0. The Morgan fingerprint density at radius 2 is 1.97 bits per heavy atom. The molecule has 0 radical (unpaired) electrons. The molecule has 4 aromatic rings. The third-order valence-electron chi connectivity index (χ3n) is 8.23. The second-order valence-corrected chi connectivity index (χ2v) is 10.4. The number of H-pyrrole nitrogens is 1. The molecule has 1 saturated heterocycles. The molecule has 1 amide bonds. The second-order valence-electron chi connectivity index (χ2n) is 10.4. The van der Waals surface area contributed by atoms with Gasteiger partial charge in [0.15, 0.2) is 11.5 Å². The topological polar surface area (TPSA) is 126 Å². The predicted octanol–water partition coefficient (Wildman–Crippen LogP) is 4.31. The fraction of sp³-hybridized carbons (Fsp3) is 0.345. The summed E-state index contributed by atoms with van der Waals surface area (Å²) in [7, 11) is 0. The molecule has 0 unspecified atom stereocenters. The number of nitrogens with one attached hydrogen (secondary N) is 2. The molecular weight excluding hydrogens is 462 g/mol. The number of fused-ring (bicyclic) bond motifs is 2. The number of benzene rings is 2. The van der Waals surface area contributed by atoms with E-state index in [-0.39, 0.29) is 17.2 Å². The van der Waals surface area contributed by atoms with E-state index < -0.39 is 5.91 Å². The van der Waals surface area contributed by atoms with Gasteiger partial charge >= 0.3 is 0 Å². The summed E-state index contributed by atoms with van der Waals surface area (Å²) in [6.07, 6.45) is 4.73. The smallest absolute Gasteiger partial charge is 0.271 e. The van der Waals surface area contributed by atoms with Crippen LogP contribution in [0.1, 0.15) is 53.1 Å². The van der Waals surface area contributed by atoms with Crippen LogP contribution in [0.2, 0.25) is 0 Å². The zero-order valence-corrected chi connectivity index (χ0v) is 21.3. The molecule has 2 aliphatic rings. The van der Waals surface area contributed by atoms with Crippen molar-refractivity contribution in [3.8, 4) is 11.3 Å². The van der Waals surface area contributed by atoms with Crippen LogP contribution in [0.4, 0.5) is 11.5 Å². The maximum absolute atomic E-state index is 12.5. The van der Waals surface area contributed by atoms with Gasteiger partial charge in [-0.2, -0.15) is 0 Å². The van der Waals surface area contributed by atoms with Crippen LogP contribution in [0, 0.1) is 12.3 Å². The molecule has 8 heteroatoms. The lowest BCUT2D eigenvalue weighted by Crippen LogP contribution is -2.45. The number of aromatic nitrogens is 3. The minimum atomic E-state index is -0.562. The van der Waals surface area contributed by atoms with Crippen molar-refractivity contribution in [1.29, 1.82) is 0 Å². The van der Waals surface area contributed by atoms with Crippen molar-refractivity contribution in [2.75, 3.05) is 29.9 Å². The number of carbonyl (C=O) groups is 1. The Morgan fingerprint density at radius 3 is 2.73 bits per heavy atom. The molecule has 190 valence electrons. The number of aromatic amines is 1. The molecule has 6 rings (SSSR count). The van der Waals surface area contributed by atoms with E-state index in [2.05, 4.69) is 46.4 Å². The number of amides is 1. The van der Waals surface area contributed by atoms with Gasteiger partial charge in [0, 0.05) is 54.0 Å². The van der Waals surface area contributed by atoms with E-state index in [0.29, 0.717) is 11.5 Å². The molecule has 0 saturated carbocycles. The highest BCUT2D eigenvalue weighted by molar-refractivity contribution is 5.96. The summed E-state index contributed by atoms with van der Waals surface area (Å²) in [6, 6.07) is 14.7. The molecule has 1 aliphatic carbocycles. The molecule has 1 fully saturated rings. The van der Waals surface area contributed by atoms with Gasteiger partial charge in [-0.3, -0.25) is 4.79 Å². The molecule has 0 bridgehead atoms. The van der Waals surface area contributed by atoms with Crippen LogP contribution < -0.4 is 21.7 Å². The van der Waals surface area contributed by atoms with Crippen molar-refractivity contribution in [2.45, 2.75) is 39.2 Å². The standard InChI is InChI=1S/C29H33N7O/c1-3-32-21-6-4-20-16-29(26(30)22(20)15-21)9-12-36(13-10-29)28-25(27(31)37)35-24(17(2)34-28)19-5-7-23-18(14-19)8-11-33-23/h4-8,11,14-15,26,32-33H,3,9-10,12-13,16,30H2,1-2H3,(H2,31,37)/t26-/m1/s1. The van der Waals surface area contributed by atoms with E-state index in [1.54, 1.807) is 0 Å². The van der Waals surface area contributed by atoms with E-state index >= 15 is 0 Å². The normalized spacial score (nSPS) is 18.4. The van der Waals surface area contributed by atoms with Crippen LogP contribution in [0.3, 0.4) is 0 Å². The molecular formula is C29H33N7O. The average Bonchev–Trinajstić information content (AvgIpc) is 3.47. The number of hydrogen-bond acceptors (Lipinski definition) is 6. The van der Waals surface area contributed by atoms with Gasteiger partial charge in [0.2, 0.25) is 0 Å². The van der Waals surface area contributed by atoms with E-state index in [4.69, 9.17) is 21.4 Å². The summed E-state index contributed by atoms with van der Waals surface area (Å²) in [5.41, 5.74) is 20.1. The lowest BCUT2D eigenvalue weighted by molar-refractivity contribution is 0.0995. The SMILES string of the molecule is CCNc1ccc2c(c1)[C@@H](N)C1(CCN(c3nc(C)c(-c4ccc5[nH]ccc5c4)nc3C(N)=O)CC1)C2. The van der Waals surface area contributed by atoms with Crippen LogP contribution in [0.25, 0.3) is 22.2 Å². The van der Waals surface area contributed by atoms with Gasteiger partial charge in [0.25, 0.3) is 5.91 Å². The number of nitrogens with zero attached hydrogens (tertiary/aromatic N) is 3. The number of carbonyl (C=O) groups excluding carboxylic acids is 1. The Bertz CT molecular complexity index is 1500. The molecule has 2 aromatic carbocycles. The summed E-state index contributed by atoms with van der Waals surface area (Å²) in [5, 5.41) is 4.48. The van der Waals surface area contributed by atoms with Crippen molar-refractivity contribution in [3.63, 3.8) is 0 Å². The first-order chi connectivity index (χ1) is 17.9. The van der Waals surface area contributed by atoms with Crippen molar-refractivity contribution < 1.29 is 4.79 Å². The van der Waals surface area contributed by atoms with Crippen LogP contribution in [0.15, 0.2) is 48.7 Å². The quantitative estimate of drug-likeness (QED) is 0.327. The van der Waals surface area contributed by atoms with E-state index in [1.165, 1.54) is 11.1 Å². The monoisotopic (exact) mass is 495 g/mol. The number of piperidine rings is 1. The number of anilines is 2. The Hall–Kier alpha value is -3.91. The van der Waals surface area contributed by atoms with Crippen LogP contribution in [0.5, 0.6) is 0 Å². The third kappa shape index (κ3) is 3.92. The zero-order valence-electron chi connectivity index (χ0n) is 21.3. The first kappa shape index (κ1) is 23.5. The largest absolute Gasteiger partial charge is 0.385 e. The van der Waals surface area contributed by atoms with E-state index in [9.17, 15) is 4.79 Å². The number of rotatable bonds is 5. The molecule has 1 aliphatic heterocycles. The van der Waals surface area contributed by atoms with Gasteiger partial charge in [0.1, 0.15) is 0 Å². The molecule has 1 atom stereocenters. The van der Waals surface area contributed by atoms with Crippen LogP contribution >= 0.6 is 0 Å². The third-order valence-corrected chi connectivity index (χ3v) is 8.23. The van der Waals surface area contributed by atoms with Gasteiger partial charge in [0.05, 0.1) is 11.4 Å². The van der Waals surface area contributed by atoms with Gasteiger partial charge in [-0.05, 0) is 80.0 Å². The number of primary amides is 1. The Balaban J connectivity index is 1.27. The zero-order chi connectivity index (χ0) is 25.7. The minimum Gasteiger partial charge on any atom is -0.385 e. The Morgan fingerprint density at radius 1 is 1.16 bits per heavy atom. The van der Waals surface area contributed by atoms with Gasteiger partial charge in [-0.1, -0.05) is 12.1 Å². The van der Waals surface area contributed by atoms with Crippen molar-refractivity contribution in [1.82, 2.24) is 15.0 Å². The van der Waals surface area contributed by atoms with Crippen molar-refractivity contribution >= 4 is 28.3 Å². The summed E-state index contributed by atoms with van der Waals surface area (Å²) in [4.78, 5) is 27.5. The molecule has 1 spiro atoms. The predicted molar refractivity (Wildman–Crippen MR) is 148 cm³/mol. The van der Waals surface area contributed by atoms with Crippen molar-refractivity contribution in [3.05, 3.63) is 71.2 Å². The lowest BCUT2D eigenvalue weighted by atomic mass is 9.73. The minimum absolute atomic E-state index is 0.00240. The first-order valence-corrected chi connectivity index (χ1v) is 13.0. The second kappa shape index (κ2) is 8.88. The summed E-state index contributed by atoms with van der Waals surface area (Å²) >= 11 is 0. The highest BCUT2D eigenvalue weighted by Gasteiger charge is 2.46. The molecule has 3 heterocycles. The molecule has 2 aromatic heterocycles. The maximum atomic E-state index is 12.5. The number of aryl methyl sites for hydroxylation is 1. The van der Waals surface area contributed by atoms with Crippen LogP contribution in [-0.2, 0) is 6.42 Å². The van der Waals surface area contributed by atoms with Crippen molar-refractivity contribution in [2.24, 2.45) is 16.9 Å².